The number of rotatable bonds is 7. The fraction of sp³-hybridized carbons (Fsp3) is 0.577. The van der Waals surface area contributed by atoms with Crippen molar-refractivity contribution in [1.82, 2.24) is 24.3 Å². The lowest BCUT2D eigenvalue weighted by Gasteiger charge is -2.40. The summed E-state index contributed by atoms with van der Waals surface area (Å²) in [6, 6.07) is 6.30. The zero-order valence-corrected chi connectivity index (χ0v) is 21.3. The molecule has 2 aliphatic rings. The van der Waals surface area contributed by atoms with Crippen molar-refractivity contribution in [2.45, 2.75) is 64.0 Å². The number of methoxy groups -OCH3 is 1. The summed E-state index contributed by atoms with van der Waals surface area (Å²) in [6.45, 7) is 4.67. The third-order valence-corrected chi connectivity index (χ3v) is 8.01. The minimum atomic E-state index is -0.134. The second-order valence-corrected chi connectivity index (χ2v) is 10.2. The summed E-state index contributed by atoms with van der Waals surface area (Å²) in [5.41, 5.74) is 1.93. The van der Waals surface area contributed by atoms with E-state index in [4.69, 9.17) is 17.0 Å². The van der Waals surface area contributed by atoms with E-state index in [1.807, 2.05) is 23.1 Å². The van der Waals surface area contributed by atoms with Gasteiger partial charge in [0.25, 0.3) is 5.56 Å². The molecular formula is C26H35N5O3S. The molecule has 0 aliphatic carbocycles. The Labute approximate surface area is 210 Å². The van der Waals surface area contributed by atoms with Crippen molar-refractivity contribution in [2.24, 2.45) is 0 Å². The summed E-state index contributed by atoms with van der Waals surface area (Å²) in [4.78, 5) is 37.0. The Morgan fingerprint density at radius 1 is 1.06 bits per heavy atom. The lowest BCUT2D eigenvalue weighted by molar-refractivity contribution is -0.133. The number of ether oxygens (including phenoxy) is 1. The van der Waals surface area contributed by atoms with Crippen LogP contribution in [0.5, 0.6) is 5.75 Å². The van der Waals surface area contributed by atoms with Crippen LogP contribution in [0.15, 0.2) is 23.0 Å². The van der Waals surface area contributed by atoms with E-state index in [0.717, 1.165) is 55.4 Å². The number of piperidine rings is 2. The van der Waals surface area contributed by atoms with E-state index >= 15 is 0 Å². The zero-order chi connectivity index (χ0) is 24.4. The van der Waals surface area contributed by atoms with Crippen molar-refractivity contribution in [3.05, 3.63) is 33.3 Å². The molecule has 5 rings (SSSR count). The van der Waals surface area contributed by atoms with Gasteiger partial charge in [-0.15, -0.1) is 0 Å². The van der Waals surface area contributed by atoms with E-state index in [1.165, 1.54) is 32.4 Å². The number of H-pyrrole nitrogens is 2. The van der Waals surface area contributed by atoms with Crippen molar-refractivity contribution < 1.29 is 9.53 Å². The average molecular weight is 498 g/mol. The van der Waals surface area contributed by atoms with Crippen LogP contribution in [-0.4, -0.2) is 69.6 Å². The van der Waals surface area contributed by atoms with Crippen LogP contribution in [0.25, 0.3) is 21.9 Å². The first-order valence-electron chi connectivity index (χ1n) is 12.9. The number of carbonyl (C=O) groups is 1. The molecule has 2 saturated heterocycles. The van der Waals surface area contributed by atoms with Crippen LogP contribution >= 0.6 is 12.2 Å². The standard InChI is InChI=1S/C26H35N5O3S/c1-34-19-8-9-21-20(17-19)23-24(27-21)25(33)31(26(35)28-23)14-6-3-7-22(32)30-15-10-18(11-16-30)29-12-4-2-5-13-29/h8-9,17-18,27H,2-7,10-16H2,1H3,(H,28,35). The van der Waals surface area contributed by atoms with Crippen LogP contribution in [-0.2, 0) is 11.3 Å². The number of fused-ring (bicyclic) bond motifs is 3. The fourth-order valence-corrected chi connectivity index (χ4v) is 5.94. The quantitative estimate of drug-likeness (QED) is 0.378. The number of nitrogens with zero attached hydrogens (tertiary/aromatic N) is 3. The molecule has 2 fully saturated rings. The van der Waals surface area contributed by atoms with Gasteiger partial charge in [-0.05, 0) is 82.0 Å². The lowest BCUT2D eigenvalue weighted by Crippen LogP contribution is -2.48. The SMILES string of the molecule is COc1ccc2[nH]c3c(=O)n(CCCCC(=O)N4CCC(N5CCCCC5)CC4)c(=S)[nH]c3c2c1. The van der Waals surface area contributed by atoms with Gasteiger partial charge in [-0.25, -0.2) is 0 Å². The topological polar surface area (TPSA) is 86.4 Å². The number of hydrogen-bond donors (Lipinski definition) is 2. The first-order chi connectivity index (χ1) is 17.0. The minimum Gasteiger partial charge on any atom is -0.497 e. The summed E-state index contributed by atoms with van der Waals surface area (Å²) in [5.74, 6) is 0.960. The summed E-state index contributed by atoms with van der Waals surface area (Å²) in [5, 5.41) is 0.879. The Morgan fingerprint density at radius 2 is 1.83 bits per heavy atom. The molecule has 1 amide bonds. The number of hydrogen-bond acceptors (Lipinski definition) is 5. The first kappa shape index (κ1) is 24.1. The van der Waals surface area contributed by atoms with Crippen LogP contribution in [0.4, 0.5) is 0 Å². The molecule has 2 N–H and O–H groups in total. The van der Waals surface area contributed by atoms with E-state index in [0.29, 0.717) is 34.8 Å². The molecular weight excluding hydrogens is 462 g/mol. The first-order valence-corrected chi connectivity index (χ1v) is 13.3. The number of amides is 1. The van der Waals surface area contributed by atoms with E-state index in [1.54, 1.807) is 11.7 Å². The number of unbranched alkanes of at least 4 members (excludes halogenated alkanes) is 1. The van der Waals surface area contributed by atoms with Gasteiger partial charge < -0.3 is 24.5 Å². The van der Waals surface area contributed by atoms with Gasteiger partial charge in [-0.3, -0.25) is 14.2 Å². The molecule has 8 nitrogen and oxygen atoms in total. The van der Waals surface area contributed by atoms with Gasteiger partial charge in [0, 0.05) is 43.0 Å². The molecule has 1 aromatic carbocycles. The predicted molar refractivity (Wildman–Crippen MR) is 141 cm³/mol. The van der Waals surface area contributed by atoms with Crippen molar-refractivity contribution in [2.75, 3.05) is 33.3 Å². The van der Waals surface area contributed by atoms with Crippen LogP contribution < -0.4 is 10.3 Å². The van der Waals surface area contributed by atoms with Gasteiger partial charge in [0.05, 0.1) is 12.6 Å². The number of benzene rings is 1. The maximum atomic E-state index is 13.1. The smallest absolute Gasteiger partial charge is 0.278 e. The van der Waals surface area contributed by atoms with Crippen molar-refractivity contribution in [3.63, 3.8) is 0 Å². The lowest BCUT2D eigenvalue weighted by atomic mass is 9.99. The highest BCUT2D eigenvalue weighted by atomic mass is 32.1. The third kappa shape index (κ3) is 5.02. The third-order valence-electron chi connectivity index (χ3n) is 7.69. The Kier molecular flexibility index (Phi) is 7.24. The number of aromatic nitrogens is 3. The molecule has 0 atom stereocenters. The van der Waals surface area contributed by atoms with Gasteiger partial charge in [0.1, 0.15) is 11.3 Å². The number of likely N-dealkylation sites (tertiary alicyclic amines) is 2. The Bertz CT molecular complexity index is 1310. The second-order valence-electron chi connectivity index (χ2n) is 9.84. The molecule has 0 saturated carbocycles. The van der Waals surface area contributed by atoms with Gasteiger partial charge in [0.2, 0.25) is 5.91 Å². The van der Waals surface area contributed by atoms with Crippen LogP contribution in [0.1, 0.15) is 51.4 Å². The van der Waals surface area contributed by atoms with Crippen molar-refractivity contribution >= 4 is 40.1 Å². The molecule has 0 unspecified atom stereocenters. The minimum absolute atomic E-state index is 0.134. The molecule has 0 spiro atoms. The highest BCUT2D eigenvalue weighted by Crippen LogP contribution is 2.26. The van der Waals surface area contributed by atoms with Crippen LogP contribution in [0, 0.1) is 4.77 Å². The Balaban J connectivity index is 1.16. The largest absolute Gasteiger partial charge is 0.497 e. The maximum Gasteiger partial charge on any atom is 0.278 e. The second kappa shape index (κ2) is 10.5. The summed E-state index contributed by atoms with van der Waals surface area (Å²) in [7, 11) is 1.62. The predicted octanol–water partition coefficient (Wildman–Crippen LogP) is 4.20. The average Bonchev–Trinajstić information content (AvgIpc) is 3.26. The monoisotopic (exact) mass is 497 g/mol. The molecule has 2 aromatic heterocycles. The van der Waals surface area contributed by atoms with Gasteiger partial charge >= 0.3 is 0 Å². The zero-order valence-electron chi connectivity index (χ0n) is 20.5. The molecule has 188 valence electrons. The highest BCUT2D eigenvalue weighted by Gasteiger charge is 2.27. The van der Waals surface area contributed by atoms with Crippen molar-refractivity contribution in [3.8, 4) is 5.75 Å². The molecule has 9 heteroatoms. The van der Waals surface area contributed by atoms with Crippen LogP contribution in [0.2, 0.25) is 0 Å². The normalized spacial score (nSPS) is 17.9. The Morgan fingerprint density at radius 3 is 2.57 bits per heavy atom. The highest BCUT2D eigenvalue weighted by molar-refractivity contribution is 7.71. The molecule has 4 heterocycles. The maximum absolute atomic E-state index is 13.1. The van der Waals surface area contributed by atoms with E-state index in [9.17, 15) is 9.59 Å². The van der Waals surface area contributed by atoms with Crippen molar-refractivity contribution in [1.29, 1.82) is 0 Å². The van der Waals surface area contributed by atoms with E-state index in [2.05, 4.69) is 14.9 Å². The van der Waals surface area contributed by atoms with E-state index < -0.39 is 0 Å². The molecule has 0 bridgehead atoms. The molecule has 35 heavy (non-hydrogen) atoms. The molecule has 2 aliphatic heterocycles. The molecule has 0 radical (unpaired) electrons. The summed E-state index contributed by atoms with van der Waals surface area (Å²) < 4.78 is 7.31. The van der Waals surface area contributed by atoms with Gasteiger partial charge in [-0.2, -0.15) is 0 Å². The number of nitrogens with one attached hydrogen (secondary N) is 2. The number of carbonyl (C=O) groups excluding carboxylic acids is 1. The fourth-order valence-electron chi connectivity index (χ4n) is 5.66. The van der Waals surface area contributed by atoms with Gasteiger partial charge in [-0.1, -0.05) is 6.42 Å². The summed E-state index contributed by atoms with van der Waals surface area (Å²) >= 11 is 5.51. The van der Waals surface area contributed by atoms with Crippen LogP contribution in [0.3, 0.4) is 0 Å². The van der Waals surface area contributed by atoms with E-state index in [-0.39, 0.29) is 11.5 Å². The summed E-state index contributed by atoms with van der Waals surface area (Å²) in [6.07, 6.45) is 8.16. The van der Waals surface area contributed by atoms with Gasteiger partial charge in [0.15, 0.2) is 4.77 Å². The Hall–Kier alpha value is -2.65. The number of aromatic amines is 2. The molecule has 3 aromatic rings.